The summed E-state index contributed by atoms with van der Waals surface area (Å²) < 4.78 is 1.70. The lowest BCUT2D eigenvalue weighted by Crippen LogP contribution is -2.29. The monoisotopic (exact) mass is 209 g/mol. The Bertz CT molecular complexity index is 361. The lowest BCUT2D eigenvalue weighted by atomic mass is 9.85. The zero-order valence-corrected chi connectivity index (χ0v) is 8.47. The van der Waals surface area contributed by atoms with Gasteiger partial charge in [0.2, 0.25) is 0 Å². The van der Waals surface area contributed by atoms with Crippen molar-refractivity contribution in [3.05, 3.63) is 12.4 Å². The van der Waals surface area contributed by atoms with Crippen molar-refractivity contribution in [3.63, 3.8) is 0 Å². The molecule has 2 rings (SSSR count). The topological polar surface area (TPSA) is 81.1 Å². The molecule has 1 aliphatic rings. The normalized spacial score (nSPS) is 26.4. The van der Waals surface area contributed by atoms with Gasteiger partial charge in [-0.25, -0.2) is 0 Å². The molecule has 3 N–H and O–H groups in total. The van der Waals surface area contributed by atoms with E-state index in [1.807, 2.05) is 0 Å². The van der Waals surface area contributed by atoms with Gasteiger partial charge in [0.25, 0.3) is 0 Å². The fourth-order valence-electron chi connectivity index (χ4n) is 2.25. The highest BCUT2D eigenvalue weighted by Gasteiger charge is 2.32. The van der Waals surface area contributed by atoms with E-state index >= 15 is 0 Å². The standard InChI is InChI=1S/C10H15N3O2/c11-7-5-12-13(6-7)9-4-2-1-3-8(9)10(14)15/h5-6,8-9H,1-4,11H2,(H,14,15). The highest BCUT2D eigenvalue weighted by molar-refractivity contribution is 5.70. The summed E-state index contributed by atoms with van der Waals surface area (Å²) in [5.41, 5.74) is 6.16. The summed E-state index contributed by atoms with van der Waals surface area (Å²) in [5.74, 6) is -1.05. The van der Waals surface area contributed by atoms with E-state index in [0.717, 1.165) is 25.7 Å². The Morgan fingerprint density at radius 2 is 2.27 bits per heavy atom. The Balaban J connectivity index is 2.21. The van der Waals surface area contributed by atoms with E-state index in [0.29, 0.717) is 5.69 Å². The minimum Gasteiger partial charge on any atom is -0.481 e. The van der Waals surface area contributed by atoms with E-state index in [1.54, 1.807) is 17.1 Å². The summed E-state index contributed by atoms with van der Waals surface area (Å²) in [6.45, 7) is 0. The second-order valence-electron chi connectivity index (χ2n) is 4.05. The first-order chi connectivity index (χ1) is 7.18. The van der Waals surface area contributed by atoms with Gasteiger partial charge in [-0.1, -0.05) is 12.8 Å². The van der Waals surface area contributed by atoms with Gasteiger partial charge in [-0.3, -0.25) is 9.48 Å². The third-order valence-electron chi connectivity index (χ3n) is 3.01. The van der Waals surface area contributed by atoms with Gasteiger partial charge < -0.3 is 10.8 Å². The minimum absolute atomic E-state index is 0.0338. The van der Waals surface area contributed by atoms with Gasteiger partial charge in [-0.2, -0.15) is 5.10 Å². The van der Waals surface area contributed by atoms with Crippen molar-refractivity contribution in [2.24, 2.45) is 5.92 Å². The van der Waals surface area contributed by atoms with Crippen molar-refractivity contribution >= 4 is 11.7 Å². The van der Waals surface area contributed by atoms with Gasteiger partial charge in [-0.05, 0) is 12.8 Å². The zero-order chi connectivity index (χ0) is 10.8. The molecule has 15 heavy (non-hydrogen) atoms. The average Bonchev–Trinajstić information content (AvgIpc) is 2.65. The van der Waals surface area contributed by atoms with Gasteiger partial charge in [0, 0.05) is 6.20 Å². The number of nitrogens with zero attached hydrogens (tertiary/aromatic N) is 2. The van der Waals surface area contributed by atoms with E-state index < -0.39 is 5.97 Å². The summed E-state index contributed by atoms with van der Waals surface area (Å²) in [5, 5.41) is 13.2. The maximum absolute atomic E-state index is 11.1. The van der Waals surface area contributed by atoms with Gasteiger partial charge in [0.05, 0.1) is 23.8 Å². The number of rotatable bonds is 2. The molecule has 1 heterocycles. The number of carbonyl (C=O) groups is 1. The van der Waals surface area contributed by atoms with Crippen LogP contribution in [0, 0.1) is 5.92 Å². The van der Waals surface area contributed by atoms with Crippen molar-refractivity contribution in [1.29, 1.82) is 0 Å². The quantitative estimate of drug-likeness (QED) is 0.768. The van der Waals surface area contributed by atoms with E-state index in [4.69, 9.17) is 10.8 Å². The molecular weight excluding hydrogens is 194 g/mol. The average molecular weight is 209 g/mol. The maximum Gasteiger partial charge on any atom is 0.308 e. The first kappa shape index (κ1) is 10.0. The molecule has 1 saturated carbocycles. The third kappa shape index (κ3) is 1.95. The molecule has 0 aliphatic heterocycles. The Hall–Kier alpha value is -1.52. The van der Waals surface area contributed by atoms with Gasteiger partial charge in [-0.15, -0.1) is 0 Å². The molecule has 5 heteroatoms. The Morgan fingerprint density at radius 3 is 2.87 bits per heavy atom. The number of aromatic nitrogens is 2. The van der Waals surface area contributed by atoms with Crippen LogP contribution in [0.3, 0.4) is 0 Å². The van der Waals surface area contributed by atoms with Crippen LogP contribution in [-0.4, -0.2) is 20.9 Å². The predicted molar refractivity (Wildman–Crippen MR) is 55.3 cm³/mol. The van der Waals surface area contributed by atoms with Crippen LogP contribution in [0.5, 0.6) is 0 Å². The third-order valence-corrected chi connectivity index (χ3v) is 3.01. The second kappa shape index (κ2) is 3.92. The lowest BCUT2D eigenvalue weighted by Gasteiger charge is -2.28. The van der Waals surface area contributed by atoms with Crippen LogP contribution in [0.1, 0.15) is 31.7 Å². The molecule has 2 atom stereocenters. The largest absolute Gasteiger partial charge is 0.481 e. The summed E-state index contributed by atoms with van der Waals surface area (Å²) in [4.78, 5) is 11.1. The first-order valence-electron chi connectivity index (χ1n) is 5.21. The van der Waals surface area contributed by atoms with E-state index in [2.05, 4.69) is 5.10 Å². The molecule has 82 valence electrons. The second-order valence-corrected chi connectivity index (χ2v) is 4.05. The molecule has 5 nitrogen and oxygen atoms in total. The Kier molecular flexibility index (Phi) is 2.62. The molecule has 1 fully saturated rings. The molecule has 1 aromatic rings. The van der Waals surface area contributed by atoms with Gasteiger partial charge in [0.1, 0.15) is 0 Å². The predicted octanol–water partition coefficient (Wildman–Crippen LogP) is 1.28. The number of carboxylic acids is 1. The fraction of sp³-hybridized carbons (Fsp3) is 0.600. The summed E-state index contributed by atoms with van der Waals surface area (Å²) in [6, 6.07) is -0.0338. The van der Waals surface area contributed by atoms with Crippen LogP contribution in [-0.2, 0) is 4.79 Å². The molecule has 2 unspecified atom stereocenters. The number of aliphatic carboxylic acids is 1. The van der Waals surface area contributed by atoms with E-state index in [1.165, 1.54) is 0 Å². The Morgan fingerprint density at radius 1 is 1.53 bits per heavy atom. The number of nitrogens with two attached hydrogens (primary N) is 1. The Labute approximate surface area is 87.9 Å². The highest BCUT2D eigenvalue weighted by Crippen LogP contribution is 2.33. The molecular formula is C10H15N3O2. The summed E-state index contributed by atoms with van der Waals surface area (Å²) in [6.07, 6.45) is 6.94. The highest BCUT2D eigenvalue weighted by atomic mass is 16.4. The molecule has 1 aromatic heterocycles. The summed E-state index contributed by atoms with van der Waals surface area (Å²) >= 11 is 0. The van der Waals surface area contributed by atoms with Crippen LogP contribution in [0.25, 0.3) is 0 Å². The minimum atomic E-state index is -0.728. The number of hydrogen-bond donors (Lipinski definition) is 2. The SMILES string of the molecule is Nc1cnn(C2CCCCC2C(=O)O)c1. The molecule has 0 spiro atoms. The van der Waals surface area contributed by atoms with Crippen molar-refractivity contribution in [2.75, 3.05) is 5.73 Å². The van der Waals surface area contributed by atoms with Crippen LogP contribution < -0.4 is 5.73 Å². The molecule has 1 aliphatic carbocycles. The number of anilines is 1. The number of hydrogen-bond acceptors (Lipinski definition) is 3. The summed E-state index contributed by atoms with van der Waals surface area (Å²) in [7, 11) is 0. The van der Waals surface area contributed by atoms with E-state index in [-0.39, 0.29) is 12.0 Å². The van der Waals surface area contributed by atoms with Gasteiger partial charge >= 0.3 is 5.97 Å². The van der Waals surface area contributed by atoms with Crippen molar-refractivity contribution in [1.82, 2.24) is 9.78 Å². The van der Waals surface area contributed by atoms with Crippen LogP contribution >= 0.6 is 0 Å². The smallest absolute Gasteiger partial charge is 0.308 e. The number of nitrogen functional groups attached to an aromatic ring is 1. The fourth-order valence-corrected chi connectivity index (χ4v) is 2.25. The molecule has 0 radical (unpaired) electrons. The zero-order valence-electron chi connectivity index (χ0n) is 8.47. The lowest BCUT2D eigenvalue weighted by molar-refractivity contribution is -0.144. The van der Waals surface area contributed by atoms with Crippen molar-refractivity contribution < 1.29 is 9.90 Å². The molecule has 0 saturated heterocycles. The van der Waals surface area contributed by atoms with Crippen LogP contribution in [0.4, 0.5) is 5.69 Å². The molecule has 0 bridgehead atoms. The van der Waals surface area contributed by atoms with Crippen LogP contribution in [0.2, 0.25) is 0 Å². The van der Waals surface area contributed by atoms with E-state index in [9.17, 15) is 4.79 Å². The maximum atomic E-state index is 11.1. The number of carboxylic acid groups (broad SMARTS) is 1. The van der Waals surface area contributed by atoms with Crippen molar-refractivity contribution in [2.45, 2.75) is 31.7 Å². The van der Waals surface area contributed by atoms with Crippen molar-refractivity contribution in [3.8, 4) is 0 Å². The first-order valence-corrected chi connectivity index (χ1v) is 5.21. The molecule has 0 aromatic carbocycles. The van der Waals surface area contributed by atoms with Crippen LogP contribution in [0.15, 0.2) is 12.4 Å². The molecule has 0 amide bonds. The van der Waals surface area contributed by atoms with Gasteiger partial charge in [0.15, 0.2) is 0 Å².